The third-order valence-electron chi connectivity index (χ3n) is 3.66. The minimum Gasteiger partial charge on any atom is -0.372 e. The van der Waals surface area contributed by atoms with E-state index in [0.29, 0.717) is 5.52 Å². The predicted molar refractivity (Wildman–Crippen MR) is 78.7 cm³/mol. The fourth-order valence-corrected chi connectivity index (χ4v) is 2.96. The van der Waals surface area contributed by atoms with Crippen LogP contribution in [0.5, 0.6) is 0 Å². The maximum absolute atomic E-state index is 14.0. The van der Waals surface area contributed by atoms with Crippen LogP contribution < -0.4 is 4.90 Å². The average molecular weight is 274 g/mol. The Labute approximate surface area is 118 Å². The van der Waals surface area contributed by atoms with Crippen LogP contribution >= 0.6 is 0 Å². The predicted octanol–water partition coefficient (Wildman–Crippen LogP) is 3.30. The molecule has 3 rings (SSSR count). The minimum absolute atomic E-state index is 0.177. The van der Waals surface area contributed by atoms with Crippen molar-refractivity contribution in [3.8, 4) is 0 Å². The number of pyridine rings is 1. The highest BCUT2D eigenvalue weighted by Gasteiger charge is 2.24. The number of ether oxygens (including phenoxy) is 1. The number of hydrogen-bond acceptors (Lipinski definition) is 3. The molecular formula is C16H19FN2O. The number of morpholine rings is 1. The highest BCUT2D eigenvalue weighted by atomic mass is 19.1. The summed E-state index contributed by atoms with van der Waals surface area (Å²) in [7, 11) is 0. The molecule has 0 saturated carbocycles. The van der Waals surface area contributed by atoms with Gasteiger partial charge in [-0.15, -0.1) is 0 Å². The molecule has 0 unspecified atom stereocenters. The van der Waals surface area contributed by atoms with Crippen LogP contribution in [0.25, 0.3) is 10.9 Å². The van der Waals surface area contributed by atoms with E-state index < -0.39 is 0 Å². The van der Waals surface area contributed by atoms with Crippen LogP contribution in [0.4, 0.5) is 10.1 Å². The van der Waals surface area contributed by atoms with Crippen LogP contribution in [-0.2, 0) is 4.74 Å². The lowest BCUT2D eigenvalue weighted by molar-refractivity contribution is -0.00513. The van der Waals surface area contributed by atoms with E-state index in [2.05, 4.69) is 23.7 Å². The van der Waals surface area contributed by atoms with Crippen LogP contribution in [0.2, 0.25) is 0 Å². The van der Waals surface area contributed by atoms with Gasteiger partial charge in [-0.1, -0.05) is 12.1 Å². The van der Waals surface area contributed by atoms with Gasteiger partial charge in [0.15, 0.2) is 0 Å². The maximum Gasteiger partial charge on any atom is 0.149 e. The van der Waals surface area contributed by atoms with Crippen molar-refractivity contribution in [3.05, 3.63) is 35.8 Å². The van der Waals surface area contributed by atoms with Crippen molar-refractivity contribution < 1.29 is 9.13 Å². The van der Waals surface area contributed by atoms with Crippen LogP contribution in [0.15, 0.2) is 24.3 Å². The number of rotatable bonds is 1. The molecule has 0 N–H and O–H groups in total. The lowest BCUT2D eigenvalue weighted by atomic mass is 10.1. The van der Waals surface area contributed by atoms with E-state index in [1.165, 1.54) is 6.07 Å². The van der Waals surface area contributed by atoms with Crippen LogP contribution in [0.3, 0.4) is 0 Å². The largest absolute Gasteiger partial charge is 0.372 e. The quantitative estimate of drug-likeness (QED) is 0.798. The molecule has 20 heavy (non-hydrogen) atoms. The average Bonchev–Trinajstić information content (AvgIpc) is 2.38. The lowest BCUT2D eigenvalue weighted by Crippen LogP contribution is -2.45. The second-order valence-electron chi connectivity index (χ2n) is 5.58. The summed E-state index contributed by atoms with van der Waals surface area (Å²) in [5.74, 6) is -0.262. The number of aryl methyl sites for hydroxylation is 1. The zero-order valence-electron chi connectivity index (χ0n) is 12.1. The number of fused-ring (bicyclic) bond motifs is 1. The molecule has 106 valence electrons. The number of hydrogen-bond donors (Lipinski definition) is 0. The SMILES string of the molecule is Cc1cc(N2C[C@@H](C)O[C@@H](C)C2)c2cccc(F)c2n1. The fourth-order valence-electron chi connectivity index (χ4n) is 2.96. The first kappa shape index (κ1) is 13.3. The molecule has 3 nitrogen and oxygen atoms in total. The second kappa shape index (κ2) is 5.02. The minimum atomic E-state index is -0.262. The number of benzene rings is 1. The molecule has 0 spiro atoms. The molecule has 2 atom stereocenters. The number of anilines is 1. The molecule has 2 aromatic rings. The molecule has 1 aromatic carbocycles. The van der Waals surface area contributed by atoms with Gasteiger partial charge in [0, 0.05) is 29.9 Å². The zero-order valence-corrected chi connectivity index (χ0v) is 12.1. The Morgan fingerprint density at radius 3 is 2.65 bits per heavy atom. The van der Waals surface area contributed by atoms with Gasteiger partial charge in [-0.25, -0.2) is 9.37 Å². The van der Waals surface area contributed by atoms with Crippen molar-refractivity contribution in [1.82, 2.24) is 4.98 Å². The molecule has 0 bridgehead atoms. The Morgan fingerprint density at radius 1 is 1.25 bits per heavy atom. The molecule has 0 radical (unpaired) electrons. The van der Waals surface area contributed by atoms with E-state index in [4.69, 9.17) is 4.74 Å². The molecule has 1 aliphatic rings. The topological polar surface area (TPSA) is 25.4 Å². The summed E-state index contributed by atoms with van der Waals surface area (Å²) in [6.07, 6.45) is 0.353. The molecule has 1 saturated heterocycles. The smallest absolute Gasteiger partial charge is 0.149 e. The van der Waals surface area contributed by atoms with Gasteiger partial charge in [-0.05, 0) is 32.9 Å². The highest BCUT2D eigenvalue weighted by Crippen LogP contribution is 2.30. The molecule has 0 aliphatic carbocycles. The molecule has 2 heterocycles. The Hall–Kier alpha value is -1.68. The standard InChI is InChI=1S/C16H19FN2O/c1-10-7-15(19-8-11(2)20-12(3)9-19)13-5-4-6-14(17)16(13)18-10/h4-7,11-12H,8-9H2,1-3H3/t11-,12+. The van der Waals surface area contributed by atoms with Crippen molar-refractivity contribution in [2.45, 2.75) is 33.0 Å². The van der Waals surface area contributed by atoms with Crippen molar-refractivity contribution in [1.29, 1.82) is 0 Å². The fraction of sp³-hybridized carbons (Fsp3) is 0.438. The summed E-state index contributed by atoms with van der Waals surface area (Å²) in [5.41, 5.74) is 2.34. The summed E-state index contributed by atoms with van der Waals surface area (Å²) < 4.78 is 19.7. The summed E-state index contributed by atoms with van der Waals surface area (Å²) in [5, 5.41) is 0.872. The van der Waals surface area contributed by atoms with Crippen LogP contribution in [0, 0.1) is 12.7 Å². The van der Waals surface area contributed by atoms with Crippen molar-refractivity contribution >= 4 is 16.6 Å². The van der Waals surface area contributed by atoms with Crippen molar-refractivity contribution in [3.63, 3.8) is 0 Å². The molecule has 1 fully saturated rings. The Kier molecular flexibility index (Phi) is 3.34. The van der Waals surface area contributed by atoms with E-state index in [1.54, 1.807) is 6.07 Å². The molecule has 4 heteroatoms. The summed E-state index contributed by atoms with van der Waals surface area (Å²) >= 11 is 0. The Morgan fingerprint density at radius 2 is 1.95 bits per heavy atom. The van der Waals surface area contributed by atoms with Crippen LogP contribution in [0.1, 0.15) is 19.5 Å². The number of nitrogens with zero attached hydrogens (tertiary/aromatic N) is 2. The van der Waals surface area contributed by atoms with E-state index in [1.807, 2.05) is 19.1 Å². The van der Waals surface area contributed by atoms with E-state index >= 15 is 0 Å². The van der Waals surface area contributed by atoms with Gasteiger partial charge in [-0.3, -0.25) is 0 Å². The first-order chi connectivity index (χ1) is 9.54. The zero-order chi connectivity index (χ0) is 14.3. The third kappa shape index (κ3) is 2.36. The Balaban J connectivity index is 2.13. The van der Waals surface area contributed by atoms with Gasteiger partial charge in [0.05, 0.1) is 12.2 Å². The first-order valence-electron chi connectivity index (χ1n) is 7.01. The summed E-state index contributed by atoms with van der Waals surface area (Å²) in [4.78, 5) is 6.61. The van der Waals surface area contributed by atoms with Gasteiger partial charge in [0.2, 0.25) is 0 Å². The normalized spacial score (nSPS) is 23.3. The molecule has 0 amide bonds. The van der Waals surface area contributed by atoms with Gasteiger partial charge in [0.1, 0.15) is 11.3 Å². The first-order valence-corrected chi connectivity index (χ1v) is 7.01. The van der Waals surface area contributed by atoms with Gasteiger partial charge in [0.25, 0.3) is 0 Å². The Bertz CT molecular complexity index is 634. The van der Waals surface area contributed by atoms with E-state index in [9.17, 15) is 4.39 Å². The van der Waals surface area contributed by atoms with Gasteiger partial charge in [-0.2, -0.15) is 0 Å². The van der Waals surface area contributed by atoms with Gasteiger partial charge < -0.3 is 9.64 Å². The van der Waals surface area contributed by atoms with Gasteiger partial charge >= 0.3 is 0 Å². The second-order valence-corrected chi connectivity index (χ2v) is 5.58. The highest BCUT2D eigenvalue weighted by molar-refractivity contribution is 5.92. The number of aromatic nitrogens is 1. The third-order valence-corrected chi connectivity index (χ3v) is 3.66. The van der Waals surface area contributed by atoms with Crippen molar-refractivity contribution in [2.24, 2.45) is 0 Å². The molecule has 1 aromatic heterocycles. The molecule has 1 aliphatic heterocycles. The van der Waals surface area contributed by atoms with Crippen molar-refractivity contribution in [2.75, 3.05) is 18.0 Å². The number of para-hydroxylation sites is 1. The number of halogens is 1. The van der Waals surface area contributed by atoms with E-state index in [0.717, 1.165) is 29.9 Å². The molecular weight excluding hydrogens is 255 g/mol. The summed E-state index contributed by atoms with van der Waals surface area (Å²) in [6.45, 7) is 7.68. The maximum atomic E-state index is 14.0. The van der Waals surface area contributed by atoms with E-state index in [-0.39, 0.29) is 18.0 Å². The van der Waals surface area contributed by atoms with Crippen LogP contribution in [-0.4, -0.2) is 30.3 Å². The lowest BCUT2D eigenvalue weighted by Gasteiger charge is -2.37. The monoisotopic (exact) mass is 274 g/mol. The summed E-state index contributed by atoms with van der Waals surface area (Å²) in [6, 6.07) is 7.17.